The molecule has 1 fully saturated rings. The number of rotatable bonds is 6. The summed E-state index contributed by atoms with van der Waals surface area (Å²) in [6.07, 6.45) is 2.59. The molecule has 1 aromatic rings. The summed E-state index contributed by atoms with van der Waals surface area (Å²) >= 11 is 5.75. The van der Waals surface area contributed by atoms with E-state index >= 15 is 0 Å². The summed E-state index contributed by atoms with van der Waals surface area (Å²) in [4.78, 5) is 14.2. The van der Waals surface area contributed by atoms with Gasteiger partial charge >= 0.3 is 0 Å². The Labute approximate surface area is 113 Å². The van der Waals surface area contributed by atoms with Crippen molar-refractivity contribution in [2.24, 2.45) is 0 Å². The second-order valence-electron chi connectivity index (χ2n) is 4.80. The van der Waals surface area contributed by atoms with Crippen LogP contribution >= 0.6 is 11.6 Å². The Morgan fingerprint density at radius 1 is 1.50 bits per heavy atom. The van der Waals surface area contributed by atoms with Crippen LogP contribution in [0.4, 0.5) is 0 Å². The number of carbonyl (C=O) groups excluding carboxylic acids is 1. The molecule has 0 atom stereocenters. The van der Waals surface area contributed by atoms with Crippen molar-refractivity contribution >= 4 is 17.5 Å². The number of nitrogens with zero attached hydrogens (tertiary/aromatic N) is 1. The SMILES string of the molecule is CN(CCNC(=O)c1cccc(CCl)c1)C1CC1. The molecule has 0 aliphatic heterocycles. The summed E-state index contributed by atoms with van der Waals surface area (Å²) in [6, 6.07) is 8.18. The van der Waals surface area contributed by atoms with Crippen molar-refractivity contribution in [1.29, 1.82) is 0 Å². The lowest BCUT2D eigenvalue weighted by Gasteiger charge is -2.15. The van der Waals surface area contributed by atoms with Crippen LogP contribution in [0.3, 0.4) is 0 Å². The van der Waals surface area contributed by atoms with Crippen molar-refractivity contribution in [2.45, 2.75) is 24.8 Å². The van der Waals surface area contributed by atoms with Crippen molar-refractivity contribution < 1.29 is 4.79 Å². The molecule has 4 heteroatoms. The Balaban J connectivity index is 1.79. The zero-order chi connectivity index (χ0) is 13.0. The molecule has 1 aromatic carbocycles. The van der Waals surface area contributed by atoms with Crippen LogP contribution < -0.4 is 5.32 Å². The van der Waals surface area contributed by atoms with Gasteiger partial charge in [0.15, 0.2) is 0 Å². The van der Waals surface area contributed by atoms with Gasteiger partial charge in [0.05, 0.1) is 0 Å². The van der Waals surface area contributed by atoms with E-state index in [4.69, 9.17) is 11.6 Å². The number of nitrogens with one attached hydrogen (secondary N) is 1. The van der Waals surface area contributed by atoms with Crippen molar-refractivity contribution in [3.05, 3.63) is 35.4 Å². The molecule has 1 amide bonds. The number of hydrogen-bond acceptors (Lipinski definition) is 2. The van der Waals surface area contributed by atoms with Crippen LogP contribution in [0.2, 0.25) is 0 Å². The van der Waals surface area contributed by atoms with Gasteiger partial charge in [-0.1, -0.05) is 12.1 Å². The smallest absolute Gasteiger partial charge is 0.251 e. The van der Waals surface area contributed by atoms with Crippen molar-refractivity contribution in [1.82, 2.24) is 10.2 Å². The van der Waals surface area contributed by atoms with Gasteiger partial charge in [-0.3, -0.25) is 4.79 Å². The minimum absolute atomic E-state index is 0.0221. The molecule has 98 valence electrons. The predicted molar refractivity (Wildman–Crippen MR) is 74.0 cm³/mol. The Morgan fingerprint density at radius 2 is 2.28 bits per heavy atom. The summed E-state index contributed by atoms with van der Waals surface area (Å²) < 4.78 is 0. The molecule has 2 rings (SSSR count). The fourth-order valence-corrected chi connectivity index (χ4v) is 2.11. The number of amides is 1. The molecule has 0 radical (unpaired) electrons. The van der Waals surface area contributed by atoms with E-state index < -0.39 is 0 Å². The standard InChI is InChI=1S/C14H19ClN2O/c1-17(13-5-6-13)8-7-16-14(18)12-4-2-3-11(9-12)10-15/h2-4,9,13H,5-8,10H2,1H3,(H,16,18). The molecule has 1 aliphatic rings. The van der Waals surface area contributed by atoms with Crippen LogP contribution in [0, 0.1) is 0 Å². The lowest BCUT2D eigenvalue weighted by atomic mass is 10.1. The van der Waals surface area contributed by atoms with Gasteiger partial charge in [-0.2, -0.15) is 0 Å². The molecular formula is C14H19ClN2O. The third kappa shape index (κ3) is 3.72. The van der Waals surface area contributed by atoms with E-state index in [9.17, 15) is 4.79 Å². The molecule has 0 heterocycles. The second-order valence-corrected chi connectivity index (χ2v) is 5.07. The highest BCUT2D eigenvalue weighted by molar-refractivity contribution is 6.17. The average molecular weight is 267 g/mol. The molecule has 1 aliphatic carbocycles. The molecule has 0 unspecified atom stereocenters. The molecule has 0 saturated heterocycles. The Hall–Kier alpha value is -1.06. The first-order valence-corrected chi connectivity index (χ1v) is 6.87. The van der Waals surface area contributed by atoms with Gasteiger partial charge < -0.3 is 10.2 Å². The number of hydrogen-bond donors (Lipinski definition) is 1. The van der Waals surface area contributed by atoms with Gasteiger partial charge in [-0.15, -0.1) is 11.6 Å². The molecule has 18 heavy (non-hydrogen) atoms. The third-order valence-corrected chi connectivity index (χ3v) is 3.57. The van der Waals surface area contributed by atoms with E-state index in [1.165, 1.54) is 12.8 Å². The molecule has 1 N–H and O–H groups in total. The lowest BCUT2D eigenvalue weighted by Crippen LogP contribution is -2.33. The topological polar surface area (TPSA) is 32.3 Å². The second kappa shape index (κ2) is 6.21. The first-order valence-electron chi connectivity index (χ1n) is 6.34. The largest absolute Gasteiger partial charge is 0.351 e. The highest BCUT2D eigenvalue weighted by Gasteiger charge is 2.25. The highest BCUT2D eigenvalue weighted by atomic mass is 35.5. The lowest BCUT2D eigenvalue weighted by molar-refractivity contribution is 0.0949. The fraction of sp³-hybridized carbons (Fsp3) is 0.500. The molecule has 0 spiro atoms. The quantitative estimate of drug-likeness (QED) is 0.801. The van der Waals surface area contributed by atoms with Gasteiger partial charge in [-0.25, -0.2) is 0 Å². The molecule has 3 nitrogen and oxygen atoms in total. The summed E-state index contributed by atoms with van der Waals surface area (Å²) in [5, 5.41) is 2.94. The molecule has 1 saturated carbocycles. The Morgan fingerprint density at radius 3 is 2.94 bits per heavy atom. The zero-order valence-electron chi connectivity index (χ0n) is 10.7. The summed E-state index contributed by atoms with van der Waals surface area (Å²) in [5.41, 5.74) is 1.65. The van der Waals surface area contributed by atoms with E-state index in [2.05, 4.69) is 17.3 Å². The fourth-order valence-electron chi connectivity index (χ4n) is 1.94. The van der Waals surface area contributed by atoms with Crippen LogP contribution in [0.1, 0.15) is 28.8 Å². The van der Waals surface area contributed by atoms with Crippen LogP contribution in [0.15, 0.2) is 24.3 Å². The zero-order valence-corrected chi connectivity index (χ0v) is 11.4. The summed E-state index contributed by atoms with van der Waals surface area (Å²) in [5.74, 6) is 0.414. The van der Waals surface area contributed by atoms with E-state index in [-0.39, 0.29) is 5.91 Å². The Bertz CT molecular complexity index is 418. The number of likely N-dealkylation sites (N-methyl/N-ethyl adjacent to an activating group) is 1. The van der Waals surface area contributed by atoms with Crippen LogP contribution in [-0.2, 0) is 5.88 Å². The maximum atomic E-state index is 11.9. The summed E-state index contributed by atoms with van der Waals surface area (Å²) in [7, 11) is 2.11. The number of alkyl halides is 1. The monoisotopic (exact) mass is 266 g/mol. The van der Waals surface area contributed by atoms with Gasteiger partial charge in [0, 0.05) is 30.6 Å². The van der Waals surface area contributed by atoms with E-state index in [1.54, 1.807) is 0 Å². The van der Waals surface area contributed by atoms with Crippen molar-refractivity contribution in [3.8, 4) is 0 Å². The predicted octanol–water partition coefficient (Wildman–Crippen LogP) is 2.25. The van der Waals surface area contributed by atoms with Gasteiger partial charge in [0.25, 0.3) is 5.91 Å². The van der Waals surface area contributed by atoms with Gasteiger partial charge in [-0.05, 0) is 37.6 Å². The minimum atomic E-state index is -0.0221. The maximum Gasteiger partial charge on any atom is 0.251 e. The Kier molecular flexibility index (Phi) is 4.61. The van der Waals surface area contributed by atoms with Crippen molar-refractivity contribution in [2.75, 3.05) is 20.1 Å². The van der Waals surface area contributed by atoms with E-state index in [1.807, 2.05) is 24.3 Å². The van der Waals surface area contributed by atoms with E-state index in [0.29, 0.717) is 18.0 Å². The number of halogens is 1. The van der Waals surface area contributed by atoms with Crippen LogP contribution in [0.25, 0.3) is 0 Å². The third-order valence-electron chi connectivity index (χ3n) is 3.26. The highest BCUT2D eigenvalue weighted by Crippen LogP contribution is 2.24. The molecule has 0 aromatic heterocycles. The summed E-state index contributed by atoms with van der Waals surface area (Å²) in [6.45, 7) is 1.60. The number of benzene rings is 1. The van der Waals surface area contributed by atoms with Crippen LogP contribution in [0.5, 0.6) is 0 Å². The van der Waals surface area contributed by atoms with Gasteiger partial charge in [0.2, 0.25) is 0 Å². The number of carbonyl (C=O) groups is 1. The van der Waals surface area contributed by atoms with E-state index in [0.717, 1.165) is 18.2 Å². The molecular weight excluding hydrogens is 248 g/mol. The average Bonchev–Trinajstić information content (AvgIpc) is 3.23. The first-order chi connectivity index (χ1) is 8.70. The van der Waals surface area contributed by atoms with Crippen LogP contribution in [-0.4, -0.2) is 37.0 Å². The maximum absolute atomic E-state index is 11.9. The molecule has 0 bridgehead atoms. The minimum Gasteiger partial charge on any atom is -0.351 e. The van der Waals surface area contributed by atoms with Crippen molar-refractivity contribution in [3.63, 3.8) is 0 Å². The first kappa shape index (κ1) is 13.4. The van der Waals surface area contributed by atoms with Gasteiger partial charge in [0.1, 0.15) is 0 Å². The normalized spacial score (nSPS) is 14.8.